The summed E-state index contributed by atoms with van der Waals surface area (Å²) in [6.07, 6.45) is 1.97. The van der Waals surface area contributed by atoms with Crippen LogP contribution >= 0.6 is 0 Å². The van der Waals surface area contributed by atoms with Crippen molar-refractivity contribution in [1.82, 2.24) is 0 Å². The predicted molar refractivity (Wildman–Crippen MR) is 99.8 cm³/mol. The molecule has 1 amide bonds. The molecule has 6 nitrogen and oxygen atoms in total. The van der Waals surface area contributed by atoms with Crippen LogP contribution < -0.4 is 4.90 Å². The van der Waals surface area contributed by atoms with Crippen LogP contribution in [0.2, 0.25) is 0 Å². The summed E-state index contributed by atoms with van der Waals surface area (Å²) in [7, 11) is 1.35. The molecule has 2 aromatic carbocycles. The monoisotopic (exact) mass is 367 g/mol. The summed E-state index contributed by atoms with van der Waals surface area (Å²) < 4.78 is 10.5. The second-order valence-corrected chi connectivity index (χ2v) is 6.37. The van der Waals surface area contributed by atoms with Crippen molar-refractivity contribution in [2.24, 2.45) is 0 Å². The SMILES string of the molecule is COC(=O)c1cccc(COCC2CCC(=O)N2c2ccc(C=O)cc2)c1. The summed E-state index contributed by atoms with van der Waals surface area (Å²) in [5.74, 6) is -0.335. The predicted octanol–water partition coefficient (Wildman–Crippen LogP) is 3.00. The lowest BCUT2D eigenvalue weighted by molar-refractivity contribution is -0.117. The van der Waals surface area contributed by atoms with Crippen LogP contribution in [0, 0.1) is 0 Å². The first-order valence-electron chi connectivity index (χ1n) is 8.74. The van der Waals surface area contributed by atoms with Crippen molar-refractivity contribution < 1.29 is 23.9 Å². The largest absolute Gasteiger partial charge is 0.465 e. The van der Waals surface area contributed by atoms with Crippen molar-refractivity contribution in [3.8, 4) is 0 Å². The summed E-state index contributed by atoms with van der Waals surface area (Å²) in [6.45, 7) is 0.733. The average molecular weight is 367 g/mol. The highest BCUT2D eigenvalue weighted by Crippen LogP contribution is 2.27. The minimum Gasteiger partial charge on any atom is -0.465 e. The van der Waals surface area contributed by atoms with E-state index in [1.807, 2.05) is 6.07 Å². The Morgan fingerprint density at radius 2 is 2.00 bits per heavy atom. The zero-order valence-corrected chi connectivity index (χ0v) is 15.1. The van der Waals surface area contributed by atoms with E-state index in [2.05, 4.69) is 0 Å². The van der Waals surface area contributed by atoms with Crippen LogP contribution in [0.1, 0.15) is 39.1 Å². The van der Waals surface area contributed by atoms with Crippen molar-refractivity contribution in [2.45, 2.75) is 25.5 Å². The van der Waals surface area contributed by atoms with Crippen molar-refractivity contribution in [3.63, 3.8) is 0 Å². The van der Waals surface area contributed by atoms with Gasteiger partial charge in [0.05, 0.1) is 31.9 Å². The molecule has 3 rings (SSSR count). The van der Waals surface area contributed by atoms with E-state index in [0.717, 1.165) is 24.0 Å². The molecule has 0 radical (unpaired) electrons. The van der Waals surface area contributed by atoms with Gasteiger partial charge in [0, 0.05) is 17.7 Å². The molecule has 0 spiro atoms. The minimum atomic E-state index is -0.386. The molecule has 1 aliphatic heterocycles. The molecule has 1 aliphatic rings. The topological polar surface area (TPSA) is 72.9 Å². The fourth-order valence-electron chi connectivity index (χ4n) is 3.19. The molecule has 0 N–H and O–H groups in total. The molecule has 1 fully saturated rings. The van der Waals surface area contributed by atoms with E-state index in [0.29, 0.717) is 30.8 Å². The van der Waals surface area contributed by atoms with Gasteiger partial charge < -0.3 is 14.4 Å². The zero-order valence-electron chi connectivity index (χ0n) is 15.1. The van der Waals surface area contributed by atoms with Crippen molar-refractivity contribution >= 4 is 23.9 Å². The molecule has 140 valence electrons. The Morgan fingerprint density at radius 1 is 1.22 bits per heavy atom. The first kappa shape index (κ1) is 18.8. The van der Waals surface area contributed by atoms with Crippen LogP contribution in [0.5, 0.6) is 0 Å². The Kier molecular flexibility index (Phi) is 5.98. The van der Waals surface area contributed by atoms with Crippen molar-refractivity contribution in [2.75, 3.05) is 18.6 Å². The van der Waals surface area contributed by atoms with Crippen LogP contribution in [0.4, 0.5) is 5.69 Å². The van der Waals surface area contributed by atoms with E-state index in [-0.39, 0.29) is 17.9 Å². The van der Waals surface area contributed by atoms with Crippen LogP contribution in [-0.4, -0.2) is 37.9 Å². The Bertz CT molecular complexity index is 831. The fraction of sp³-hybridized carbons (Fsp3) is 0.286. The third-order valence-corrected chi connectivity index (χ3v) is 4.56. The van der Waals surface area contributed by atoms with Crippen LogP contribution in [-0.2, 0) is 20.9 Å². The normalized spacial score (nSPS) is 16.4. The number of nitrogens with zero attached hydrogens (tertiary/aromatic N) is 1. The molecule has 2 aromatic rings. The standard InChI is InChI=1S/C21H21NO5/c1-26-21(25)17-4-2-3-16(11-17)13-27-14-19-9-10-20(24)22(19)18-7-5-15(12-23)6-8-18/h2-8,11-12,19H,9-10,13-14H2,1H3. The Labute approximate surface area is 157 Å². The molecule has 1 atom stereocenters. The van der Waals surface area contributed by atoms with Gasteiger partial charge in [0.1, 0.15) is 6.29 Å². The number of amides is 1. The van der Waals surface area contributed by atoms with Gasteiger partial charge in [-0.3, -0.25) is 9.59 Å². The van der Waals surface area contributed by atoms with E-state index in [1.165, 1.54) is 7.11 Å². The molecule has 1 unspecified atom stereocenters. The maximum absolute atomic E-state index is 12.3. The molecule has 0 saturated carbocycles. The molecule has 0 bridgehead atoms. The van der Waals surface area contributed by atoms with Crippen molar-refractivity contribution in [3.05, 3.63) is 65.2 Å². The van der Waals surface area contributed by atoms with E-state index < -0.39 is 0 Å². The molecule has 1 heterocycles. The third-order valence-electron chi connectivity index (χ3n) is 4.56. The highest BCUT2D eigenvalue weighted by Gasteiger charge is 2.32. The van der Waals surface area contributed by atoms with Gasteiger partial charge in [-0.05, 0) is 48.4 Å². The van der Waals surface area contributed by atoms with Crippen molar-refractivity contribution in [1.29, 1.82) is 0 Å². The lowest BCUT2D eigenvalue weighted by Gasteiger charge is -2.25. The quantitative estimate of drug-likeness (QED) is 0.556. The molecular weight excluding hydrogens is 346 g/mol. The number of rotatable bonds is 7. The Balaban J connectivity index is 1.62. The molecule has 0 aliphatic carbocycles. The molecule has 6 heteroatoms. The molecule has 0 aromatic heterocycles. The van der Waals surface area contributed by atoms with Gasteiger partial charge >= 0.3 is 5.97 Å². The number of carbonyl (C=O) groups excluding carboxylic acids is 3. The molecule has 27 heavy (non-hydrogen) atoms. The number of methoxy groups -OCH3 is 1. The van der Waals surface area contributed by atoms with E-state index >= 15 is 0 Å². The number of hydrogen-bond acceptors (Lipinski definition) is 5. The number of anilines is 1. The summed E-state index contributed by atoms with van der Waals surface area (Å²) >= 11 is 0. The Morgan fingerprint density at radius 3 is 2.70 bits per heavy atom. The lowest BCUT2D eigenvalue weighted by atomic mass is 10.1. The van der Waals surface area contributed by atoms with Gasteiger partial charge in [0.15, 0.2) is 0 Å². The van der Waals surface area contributed by atoms with Gasteiger partial charge in [0.2, 0.25) is 5.91 Å². The zero-order chi connectivity index (χ0) is 19.2. The number of carbonyl (C=O) groups is 3. The molecular formula is C21H21NO5. The first-order chi connectivity index (χ1) is 13.1. The van der Waals surface area contributed by atoms with Crippen LogP contribution in [0.3, 0.4) is 0 Å². The van der Waals surface area contributed by atoms with Gasteiger partial charge in [-0.25, -0.2) is 4.79 Å². The third kappa shape index (κ3) is 4.41. The number of aldehydes is 1. The smallest absolute Gasteiger partial charge is 0.337 e. The number of benzene rings is 2. The number of esters is 1. The highest BCUT2D eigenvalue weighted by molar-refractivity contribution is 5.96. The maximum atomic E-state index is 12.3. The lowest BCUT2D eigenvalue weighted by Crippen LogP contribution is -2.36. The fourth-order valence-corrected chi connectivity index (χ4v) is 3.19. The van der Waals surface area contributed by atoms with E-state index in [4.69, 9.17) is 9.47 Å². The van der Waals surface area contributed by atoms with Gasteiger partial charge in [0.25, 0.3) is 0 Å². The molecule has 1 saturated heterocycles. The van der Waals surface area contributed by atoms with E-state index in [9.17, 15) is 14.4 Å². The van der Waals surface area contributed by atoms with E-state index in [1.54, 1.807) is 47.4 Å². The minimum absolute atomic E-state index is 0.0511. The summed E-state index contributed by atoms with van der Waals surface area (Å²) in [6, 6.07) is 14.0. The number of ether oxygens (including phenoxy) is 2. The van der Waals surface area contributed by atoms with Crippen LogP contribution in [0.25, 0.3) is 0 Å². The van der Waals surface area contributed by atoms with Gasteiger partial charge in [-0.1, -0.05) is 12.1 Å². The van der Waals surface area contributed by atoms with Gasteiger partial charge in [-0.15, -0.1) is 0 Å². The average Bonchev–Trinajstić information content (AvgIpc) is 3.08. The van der Waals surface area contributed by atoms with Crippen LogP contribution in [0.15, 0.2) is 48.5 Å². The Hall–Kier alpha value is -2.99. The second kappa shape index (κ2) is 8.60. The summed E-state index contributed by atoms with van der Waals surface area (Å²) in [5.41, 5.74) is 2.68. The summed E-state index contributed by atoms with van der Waals surface area (Å²) in [5, 5.41) is 0. The number of hydrogen-bond donors (Lipinski definition) is 0. The highest BCUT2D eigenvalue weighted by atomic mass is 16.5. The summed E-state index contributed by atoms with van der Waals surface area (Å²) in [4.78, 5) is 36.4. The first-order valence-corrected chi connectivity index (χ1v) is 8.74. The second-order valence-electron chi connectivity index (χ2n) is 6.37. The maximum Gasteiger partial charge on any atom is 0.337 e. The van der Waals surface area contributed by atoms with Gasteiger partial charge in [-0.2, -0.15) is 0 Å².